The zero-order valence-corrected chi connectivity index (χ0v) is 16.2. The van der Waals surface area contributed by atoms with Crippen molar-refractivity contribution in [2.45, 2.75) is 57.5 Å². The Morgan fingerprint density at radius 1 is 1.14 bits per heavy atom. The molecular weight excluding hydrogens is 362 g/mol. The number of carbonyl (C=O) groups excluding carboxylic acids is 1. The number of amides is 1. The lowest BCUT2D eigenvalue weighted by molar-refractivity contribution is -0.133. The number of nitrogens with zero attached hydrogens (tertiary/aromatic N) is 4. The minimum atomic E-state index is -2.58. The van der Waals surface area contributed by atoms with E-state index in [0.29, 0.717) is 17.1 Å². The average molecular weight is 390 g/mol. The molecule has 5 nitrogen and oxygen atoms in total. The van der Waals surface area contributed by atoms with E-state index in [2.05, 4.69) is 9.88 Å². The van der Waals surface area contributed by atoms with Gasteiger partial charge in [-0.25, -0.2) is 13.8 Å². The van der Waals surface area contributed by atoms with E-state index in [9.17, 15) is 13.6 Å². The minimum absolute atomic E-state index is 0.0510. The lowest BCUT2D eigenvalue weighted by Crippen LogP contribution is -2.48. The second kappa shape index (κ2) is 8.55. The van der Waals surface area contributed by atoms with E-state index < -0.39 is 6.43 Å². The SMILES string of the molecule is O=C(CCn1c(C(F)F)cc2cccnc21)N1CCC(N2CCCCC2)CC1. The largest absolute Gasteiger partial charge is 0.343 e. The Bertz CT molecular complexity index is 808. The van der Waals surface area contributed by atoms with E-state index in [1.54, 1.807) is 18.3 Å². The van der Waals surface area contributed by atoms with Gasteiger partial charge >= 0.3 is 0 Å². The molecule has 2 aromatic heterocycles. The van der Waals surface area contributed by atoms with Gasteiger partial charge in [0.15, 0.2) is 0 Å². The summed E-state index contributed by atoms with van der Waals surface area (Å²) in [5, 5.41) is 0.688. The number of piperidine rings is 2. The van der Waals surface area contributed by atoms with E-state index in [1.165, 1.54) is 43.0 Å². The Labute approximate surface area is 164 Å². The number of rotatable bonds is 5. The fourth-order valence-electron chi connectivity index (χ4n) is 4.65. The van der Waals surface area contributed by atoms with Crippen LogP contribution in [0.1, 0.15) is 50.6 Å². The molecular formula is C21H28F2N4O. The zero-order valence-electron chi connectivity index (χ0n) is 16.2. The molecule has 0 spiro atoms. The van der Waals surface area contributed by atoms with Crippen LogP contribution in [0.2, 0.25) is 0 Å². The molecule has 2 aliphatic rings. The van der Waals surface area contributed by atoms with Crippen LogP contribution in [0.15, 0.2) is 24.4 Å². The van der Waals surface area contributed by atoms with Crippen LogP contribution in [-0.4, -0.2) is 57.5 Å². The fourth-order valence-corrected chi connectivity index (χ4v) is 4.65. The number of fused-ring (bicyclic) bond motifs is 1. The van der Waals surface area contributed by atoms with Crippen LogP contribution in [0.5, 0.6) is 0 Å². The first-order chi connectivity index (χ1) is 13.6. The van der Waals surface area contributed by atoms with Crippen molar-refractivity contribution >= 4 is 16.9 Å². The minimum Gasteiger partial charge on any atom is -0.343 e. The second-order valence-corrected chi connectivity index (χ2v) is 7.90. The molecule has 0 saturated carbocycles. The molecule has 28 heavy (non-hydrogen) atoms. The summed E-state index contributed by atoms with van der Waals surface area (Å²) in [7, 11) is 0. The third kappa shape index (κ3) is 4.04. The van der Waals surface area contributed by atoms with Crippen LogP contribution >= 0.6 is 0 Å². The lowest BCUT2D eigenvalue weighted by Gasteiger charge is -2.40. The van der Waals surface area contributed by atoms with E-state index in [-0.39, 0.29) is 24.6 Å². The Morgan fingerprint density at radius 2 is 1.89 bits per heavy atom. The van der Waals surface area contributed by atoms with Crippen molar-refractivity contribution < 1.29 is 13.6 Å². The maximum absolute atomic E-state index is 13.4. The van der Waals surface area contributed by atoms with Crippen molar-refractivity contribution in [3.8, 4) is 0 Å². The van der Waals surface area contributed by atoms with Gasteiger partial charge in [0.1, 0.15) is 5.65 Å². The molecule has 4 heterocycles. The van der Waals surface area contributed by atoms with Crippen molar-refractivity contribution in [1.82, 2.24) is 19.4 Å². The third-order valence-electron chi connectivity index (χ3n) is 6.18. The van der Waals surface area contributed by atoms with Gasteiger partial charge in [0, 0.05) is 43.7 Å². The highest BCUT2D eigenvalue weighted by molar-refractivity contribution is 5.79. The number of aryl methyl sites for hydroxylation is 1. The molecule has 0 radical (unpaired) electrons. The molecule has 2 aliphatic heterocycles. The summed E-state index contributed by atoms with van der Waals surface area (Å²) in [6.45, 7) is 4.15. The van der Waals surface area contributed by atoms with Gasteiger partial charge in [0.05, 0.1) is 5.69 Å². The topological polar surface area (TPSA) is 41.4 Å². The smallest absolute Gasteiger partial charge is 0.278 e. The quantitative estimate of drug-likeness (QED) is 0.779. The van der Waals surface area contributed by atoms with Gasteiger partial charge in [-0.1, -0.05) is 6.42 Å². The molecule has 7 heteroatoms. The van der Waals surface area contributed by atoms with Crippen molar-refractivity contribution in [3.05, 3.63) is 30.1 Å². The maximum atomic E-state index is 13.4. The number of carbonyl (C=O) groups is 1. The molecule has 0 N–H and O–H groups in total. The summed E-state index contributed by atoms with van der Waals surface area (Å²) in [6.07, 6.45) is 5.18. The van der Waals surface area contributed by atoms with E-state index in [0.717, 1.165) is 25.9 Å². The molecule has 0 unspecified atom stereocenters. The van der Waals surface area contributed by atoms with Crippen LogP contribution in [0.4, 0.5) is 8.78 Å². The van der Waals surface area contributed by atoms with Crippen LogP contribution in [0, 0.1) is 0 Å². The molecule has 2 aromatic rings. The summed E-state index contributed by atoms with van der Waals surface area (Å²) in [6, 6.07) is 5.58. The predicted octanol–water partition coefficient (Wildman–Crippen LogP) is 3.84. The van der Waals surface area contributed by atoms with Crippen molar-refractivity contribution in [3.63, 3.8) is 0 Å². The van der Waals surface area contributed by atoms with Crippen molar-refractivity contribution in [1.29, 1.82) is 0 Å². The average Bonchev–Trinajstić information content (AvgIpc) is 3.12. The van der Waals surface area contributed by atoms with Gasteiger partial charge < -0.3 is 14.4 Å². The Morgan fingerprint density at radius 3 is 2.61 bits per heavy atom. The number of likely N-dealkylation sites (tertiary alicyclic amines) is 2. The van der Waals surface area contributed by atoms with Crippen LogP contribution < -0.4 is 0 Å². The van der Waals surface area contributed by atoms with Gasteiger partial charge in [0.2, 0.25) is 5.91 Å². The summed E-state index contributed by atoms with van der Waals surface area (Å²) >= 11 is 0. The van der Waals surface area contributed by atoms with Crippen molar-refractivity contribution in [2.75, 3.05) is 26.2 Å². The molecule has 2 fully saturated rings. The Balaban J connectivity index is 1.35. The first-order valence-electron chi connectivity index (χ1n) is 10.4. The number of alkyl halides is 2. The molecule has 4 rings (SSSR count). The molecule has 0 aromatic carbocycles. The number of aromatic nitrogens is 2. The summed E-state index contributed by atoms with van der Waals surface area (Å²) in [5.41, 5.74) is 0.458. The van der Waals surface area contributed by atoms with Gasteiger partial charge in [-0.05, 0) is 57.0 Å². The Kier molecular flexibility index (Phi) is 5.90. The van der Waals surface area contributed by atoms with E-state index in [1.807, 2.05) is 4.90 Å². The van der Waals surface area contributed by atoms with E-state index in [4.69, 9.17) is 0 Å². The number of hydrogen-bond acceptors (Lipinski definition) is 3. The number of halogens is 2. The molecule has 0 atom stereocenters. The van der Waals surface area contributed by atoms with Crippen molar-refractivity contribution in [2.24, 2.45) is 0 Å². The van der Waals surface area contributed by atoms with Gasteiger partial charge in [-0.15, -0.1) is 0 Å². The maximum Gasteiger partial charge on any atom is 0.278 e. The fraction of sp³-hybridized carbons (Fsp3) is 0.619. The number of hydrogen-bond donors (Lipinski definition) is 0. The summed E-state index contributed by atoms with van der Waals surface area (Å²) in [5.74, 6) is 0.0510. The third-order valence-corrected chi connectivity index (χ3v) is 6.18. The van der Waals surface area contributed by atoms with Gasteiger partial charge in [0.25, 0.3) is 6.43 Å². The second-order valence-electron chi connectivity index (χ2n) is 7.90. The summed E-state index contributed by atoms with van der Waals surface area (Å²) < 4.78 is 28.3. The lowest BCUT2D eigenvalue weighted by atomic mass is 10.00. The highest BCUT2D eigenvalue weighted by Crippen LogP contribution is 2.27. The normalized spacial score (nSPS) is 19.6. The van der Waals surface area contributed by atoms with Crippen LogP contribution in [0.3, 0.4) is 0 Å². The van der Waals surface area contributed by atoms with E-state index >= 15 is 0 Å². The highest BCUT2D eigenvalue weighted by atomic mass is 19.3. The zero-order chi connectivity index (χ0) is 19.5. The first-order valence-corrected chi connectivity index (χ1v) is 10.4. The van der Waals surface area contributed by atoms with Crippen LogP contribution in [-0.2, 0) is 11.3 Å². The predicted molar refractivity (Wildman–Crippen MR) is 104 cm³/mol. The standard InChI is InChI=1S/C21H28F2N4O/c22-20(23)18-15-16-5-4-9-24-21(16)27(18)14-8-19(28)26-12-6-17(7-13-26)25-10-2-1-3-11-25/h4-5,9,15,17,20H,1-3,6-8,10-14H2. The molecule has 0 bridgehead atoms. The van der Waals surface area contributed by atoms with Gasteiger partial charge in [-0.2, -0.15) is 0 Å². The van der Waals surface area contributed by atoms with Crippen LogP contribution in [0.25, 0.3) is 11.0 Å². The molecule has 1 amide bonds. The summed E-state index contributed by atoms with van der Waals surface area (Å²) in [4.78, 5) is 21.4. The molecule has 0 aliphatic carbocycles. The monoisotopic (exact) mass is 390 g/mol. The van der Waals surface area contributed by atoms with Gasteiger partial charge in [-0.3, -0.25) is 4.79 Å². The highest BCUT2D eigenvalue weighted by Gasteiger charge is 2.27. The first kappa shape index (κ1) is 19.3. The molecule has 152 valence electrons. The number of pyridine rings is 1. The molecule has 2 saturated heterocycles. The Hall–Kier alpha value is -2.02.